The van der Waals surface area contributed by atoms with E-state index >= 15 is 0 Å². The van der Waals surface area contributed by atoms with Crippen molar-refractivity contribution in [1.82, 2.24) is 10.2 Å². The van der Waals surface area contributed by atoms with Gasteiger partial charge in [0, 0.05) is 30.7 Å². The fourth-order valence-electron chi connectivity index (χ4n) is 2.52. The van der Waals surface area contributed by atoms with E-state index < -0.39 is 5.91 Å². The second kappa shape index (κ2) is 7.26. The van der Waals surface area contributed by atoms with E-state index in [9.17, 15) is 9.59 Å². The van der Waals surface area contributed by atoms with Gasteiger partial charge in [-0.15, -0.1) is 0 Å². The van der Waals surface area contributed by atoms with E-state index in [1.54, 1.807) is 24.3 Å². The minimum absolute atomic E-state index is 0.106. The first-order valence-electron chi connectivity index (χ1n) is 7.54. The molecule has 2 amide bonds. The largest absolute Gasteiger partial charge is 0.493 e. The topological polar surface area (TPSA) is 84.7 Å². The van der Waals surface area contributed by atoms with E-state index in [-0.39, 0.29) is 11.9 Å². The molecule has 1 aliphatic heterocycles. The number of primary amides is 1. The first-order chi connectivity index (χ1) is 10.5. The maximum atomic E-state index is 12.2. The van der Waals surface area contributed by atoms with Crippen LogP contribution < -0.4 is 15.8 Å². The highest BCUT2D eigenvalue weighted by atomic mass is 16.5. The molecule has 2 atom stereocenters. The summed E-state index contributed by atoms with van der Waals surface area (Å²) >= 11 is 0. The van der Waals surface area contributed by atoms with Gasteiger partial charge in [-0.1, -0.05) is 0 Å². The Morgan fingerprint density at radius 3 is 2.64 bits per heavy atom. The van der Waals surface area contributed by atoms with Gasteiger partial charge in [-0.2, -0.15) is 0 Å². The molecule has 1 aliphatic rings. The smallest absolute Gasteiger partial charge is 0.248 e. The molecule has 120 valence electrons. The minimum atomic E-state index is -0.469. The second-order valence-corrected chi connectivity index (χ2v) is 5.56. The summed E-state index contributed by atoms with van der Waals surface area (Å²) in [6, 6.07) is 7.08. The molecule has 1 heterocycles. The first kappa shape index (κ1) is 16.3. The summed E-state index contributed by atoms with van der Waals surface area (Å²) in [5.41, 5.74) is 5.61. The van der Waals surface area contributed by atoms with Crippen LogP contribution in [0.2, 0.25) is 0 Å². The normalized spacial score (nSPS) is 21.5. The third-order valence-electron chi connectivity index (χ3n) is 4.08. The zero-order chi connectivity index (χ0) is 16.1. The van der Waals surface area contributed by atoms with Crippen LogP contribution in [0.5, 0.6) is 5.75 Å². The summed E-state index contributed by atoms with van der Waals surface area (Å²) in [6.07, 6.45) is 0.342. The molecule has 1 saturated heterocycles. The molecule has 22 heavy (non-hydrogen) atoms. The van der Waals surface area contributed by atoms with E-state index in [0.717, 1.165) is 13.1 Å². The molecule has 0 saturated carbocycles. The predicted octanol–water partition coefficient (Wildman–Crippen LogP) is 0.763. The van der Waals surface area contributed by atoms with E-state index in [1.165, 1.54) is 0 Å². The highest BCUT2D eigenvalue weighted by Crippen LogP contribution is 2.14. The van der Waals surface area contributed by atoms with Crippen LogP contribution >= 0.6 is 0 Å². The van der Waals surface area contributed by atoms with Crippen LogP contribution in [-0.4, -0.2) is 48.5 Å². The van der Waals surface area contributed by atoms with Gasteiger partial charge >= 0.3 is 0 Å². The van der Waals surface area contributed by atoms with Crippen LogP contribution in [0, 0.1) is 0 Å². The number of nitrogens with zero attached hydrogens (tertiary/aromatic N) is 1. The van der Waals surface area contributed by atoms with Crippen LogP contribution in [0.4, 0.5) is 0 Å². The standard InChI is InChI=1S/C16H23N3O3/c1-11-12(2)19(9-8-18-11)15(20)7-10-22-14-5-3-13(4-6-14)16(17)21/h3-6,11-12,18H,7-10H2,1-2H3,(H2,17,21). The van der Waals surface area contributed by atoms with Gasteiger partial charge < -0.3 is 20.7 Å². The number of piperazine rings is 1. The van der Waals surface area contributed by atoms with Gasteiger partial charge in [0.2, 0.25) is 11.8 Å². The Kier molecular flexibility index (Phi) is 5.38. The number of hydrogen-bond donors (Lipinski definition) is 2. The molecular formula is C16H23N3O3. The predicted molar refractivity (Wildman–Crippen MR) is 83.7 cm³/mol. The third kappa shape index (κ3) is 3.98. The van der Waals surface area contributed by atoms with Crippen molar-refractivity contribution in [3.63, 3.8) is 0 Å². The molecule has 0 bridgehead atoms. The van der Waals surface area contributed by atoms with Crippen molar-refractivity contribution in [2.75, 3.05) is 19.7 Å². The molecule has 1 aromatic carbocycles. The summed E-state index contributed by atoms with van der Waals surface area (Å²) in [4.78, 5) is 25.1. The SMILES string of the molecule is CC1NCCN(C(=O)CCOc2ccc(C(N)=O)cc2)C1C. The lowest BCUT2D eigenvalue weighted by Crippen LogP contribution is -2.57. The zero-order valence-corrected chi connectivity index (χ0v) is 13.0. The van der Waals surface area contributed by atoms with E-state index in [1.807, 2.05) is 4.90 Å². The molecular weight excluding hydrogens is 282 g/mol. The molecule has 2 unspecified atom stereocenters. The molecule has 0 aliphatic carbocycles. The molecule has 0 spiro atoms. The van der Waals surface area contributed by atoms with Crippen molar-refractivity contribution < 1.29 is 14.3 Å². The Morgan fingerprint density at radius 1 is 1.32 bits per heavy atom. The lowest BCUT2D eigenvalue weighted by Gasteiger charge is -2.38. The number of nitrogens with two attached hydrogens (primary N) is 1. The van der Waals surface area contributed by atoms with E-state index in [4.69, 9.17) is 10.5 Å². The Hall–Kier alpha value is -2.08. The van der Waals surface area contributed by atoms with Crippen molar-refractivity contribution in [2.45, 2.75) is 32.4 Å². The number of amides is 2. The highest BCUT2D eigenvalue weighted by Gasteiger charge is 2.27. The molecule has 3 N–H and O–H groups in total. The van der Waals surface area contributed by atoms with Gasteiger partial charge in [0.1, 0.15) is 5.75 Å². The Labute approximate surface area is 130 Å². The van der Waals surface area contributed by atoms with Gasteiger partial charge in [0.25, 0.3) is 0 Å². The minimum Gasteiger partial charge on any atom is -0.493 e. The van der Waals surface area contributed by atoms with Crippen LogP contribution in [0.15, 0.2) is 24.3 Å². The summed E-state index contributed by atoms with van der Waals surface area (Å²) in [5.74, 6) is 0.262. The number of rotatable bonds is 5. The highest BCUT2D eigenvalue weighted by molar-refractivity contribution is 5.92. The monoisotopic (exact) mass is 305 g/mol. The zero-order valence-electron chi connectivity index (χ0n) is 13.0. The Morgan fingerprint density at radius 2 is 2.00 bits per heavy atom. The van der Waals surface area contributed by atoms with Gasteiger partial charge in [-0.25, -0.2) is 0 Å². The van der Waals surface area contributed by atoms with Gasteiger partial charge in [-0.05, 0) is 38.1 Å². The second-order valence-electron chi connectivity index (χ2n) is 5.56. The van der Waals surface area contributed by atoms with E-state index in [2.05, 4.69) is 19.2 Å². The quantitative estimate of drug-likeness (QED) is 0.841. The maximum absolute atomic E-state index is 12.2. The lowest BCUT2D eigenvalue weighted by molar-refractivity contribution is -0.135. The molecule has 6 heteroatoms. The number of benzene rings is 1. The van der Waals surface area contributed by atoms with Gasteiger partial charge in [0.05, 0.1) is 13.0 Å². The number of ether oxygens (including phenoxy) is 1. The summed E-state index contributed by atoms with van der Waals surface area (Å²) in [6.45, 7) is 6.02. The van der Waals surface area contributed by atoms with Crippen molar-refractivity contribution in [3.8, 4) is 5.75 Å². The molecule has 1 aromatic rings. The summed E-state index contributed by atoms with van der Waals surface area (Å²) in [7, 11) is 0. The summed E-state index contributed by atoms with van der Waals surface area (Å²) < 4.78 is 5.55. The molecule has 2 rings (SSSR count). The van der Waals surface area contributed by atoms with Crippen molar-refractivity contribution in [2.24, 2.45) is 5.73 Å². The van der Waals surface area contributed by atoms with Gasteiger partial charge in [-0.3, -0.25) is 9.59 Å². The van der Waals surface area contributed by atoms with Crippen molar-refractivity contribution >= 4 is 11.8 Å². The van der Waals surface area contributed by atoms with Crippen LogP contribution in [-0.2, 0) is 4.79 Å². The number of carbonyl (C=O) groups is 2. The maximum Gasteiger partial charge on any atom is 0.248 e. The first-order valence-corrected chi connectivity index (χ1v) is 7.54. The summed E-state index contributed by atoms with van der Waals surface area (Å²) in [5, 5.41) is 3.35. The molecule has 6 nitrogen and oxygen atoms in total. The van der Waals surface area contributed by atoms with Crippen LogP contribution in [0.3, 0.4) is 0 Å². The van der Waals surface area contributed by atoms with Crippen LogP contribution in [0.1, 0.15) is 30.6 Å². The van der Waals surface area contributed by atoms with Crippen molar-refractivity contribution in [1.29, 1.82) is 0 Å². The number of carbonyl (C=O) groups excluding carboxylic acids is 2. The molecule has 0 aromatic heterocycles. The fourth-order valence-corrected chi connectivity index (χ4v) is 2.52. The van der Waals surface area contributed by atoms with E-state index in [0.29, 0.717) is 30.4 Å². The lowest BCUT2D eigenvalue weighted by atomic mass is 10.1. The van der Waals surface area contributed by atoms with Gasteiger partial charge in [0.15, 0.2) is 0 Å². The fraction of sp³-hybridized carbons (Fsp3) is 0.500. The molecule has 0 radical (unpaired) electrons. The number of nitrogens with one attached hydrogen (secondary N) is 1. The third-order valence-corrected chi connectivity index (χ3v) is 4.08. The van der Waals surface area contributed by atoms with Crippen molar-refractivity contribution in [3.05, 3.63) is 29.8 Å². The Balaban J connectivity index is 1.80. The molecule has 1 fully saturated rings. The number of hydrogen-bond acceptors (Lipinski definition) is 4. The average Bonchev–Trinajstić information content (AvgIpc) is 2.50. The average molecular weight is 305 g/mol. The Bertz CT molecular complexity index is 530. The van der Waals surface area contributed by atoms with Crippen LogP contribution in [0.25, 0.3) is 0 Å².